The Kier molecular flexibility index (Phi) is 5.92. The molecule has 1 saturated heterocycles. The summed E-state index contributed by atoms with van der Waals surface area (Å²) in [5.74, 6) is -0.0300. The highest BCUT2D eigenvalue weighted by molar-refractivity contribution is 7.92. The van der Waals surface area contributed by atoms with Crippen LogP contribution in [0.2, 0.25) is 0 Å². The lowest BCUT2D eigenvalue weighted by Gasteiger charge is -2.34. The van der Waals surface area contributed by atoms with Crippen LogP contribution in [-0.2, 0) is 14.6 Å². The number of benzene rings is 2. The Labute approximate surface area is 179 Å². The second-order valence-electron chi connectivity index (χ2n) is 7.00. The molecule has 0 saturated carbocycles. The number of sulfone groups is 1. The molecule has 0 spiro atoms. The number of nitrogens with zero attached hydrogens (tertiary/aromatic N) is 3. The van der Waals surface area contributed by atoms with Crippen molar-refractivity contribution in [1.29, 1.82) is 0 Å². The molecule has 1 aromatic heterocycles. The summed E-state index contributed by atoms with van der Waals surface area (Å²) in [4.78, 5) is 21.2. The van der Waals surface area contributed by atoms with Crippen molar-refractivity contribution in [2.45, 2.75) is 11.8 Å². The van der Waals surface area contributed by atoms with Gasteiger partial charge in [0.25, 0.3) is 0 Å². The summed E-state index contributed by atoms with van der Waals surface area (Å²) in [7, 11) is -3.63. The van der Waals surface area contributed by atoms with E-state index in [1.807, 2.05) is 25.1 Å². The number of aromatic nitrogens is 1. The first-order valence-electron chi connectivity index (χ1n) is 9.80. The second kappa shape index (κ2) is 8.61. The quantitative estimate of drug-likeness (QED) is 0.581. The monoisotopic (exact) mass is 445 g/mol. The van der Waals surface area contributed by atoms with Gasteiger partial charge in [-0.05, 0) is 37.3 Å². The average Bonchev–Trinajstić information content (AvgIpc) is 3.18. The third-order valence-corrected chi connectivity index (χ3v) is 7.67. The summed E-state index contributed by atoms with van der Waals surface area (Å²) in [6.45, 7) is 4.76. The van der Waals surface area contributed by atoms with Crippen LogP contribution >= 0.6 is 11.3 Å². The van der Waals surface area contributed by atoms with Gasteiger partial charge in [0.1, 0.15) is 11.5 Å². The number of carbonyl (C=O) groups is 1. The van der Waals surface area contributed by atoms with Gasteiger partial charge in [-0.25, -0.2) is 13.4 Å². The molecular weight excluding hydrogens is 422 g/mol. The fraction of sp³-hybridized carbons (Fsp3) is 0.333. The van der Waals surface area contributed by atoms with Crippen LogP contribution in [0.1, 0.15) is 6.92 Å². The molecule has 3 aromatic rings. The smallest absolute Gasteiger partial charge is 0.238 e. The number of hydrogen-bond acceptors (Lipinski definition) is 7. The van der Waals surface area contributed by atoms with Crippen molar-refractivity contribution >= 4 is 42.4 Å². The molecule has 1 fully saturated rings. The van der Waals surface area contributed by atoms with Crippen molar-refractivity contribution in [2.75, 3.05) is 43.4 Å². The first-order valence-corrected chi connectivity index (χ1v) is 12.3. The second-order valence-corrected chi connectivity index (χ2v) is 10.00. The zero-order valence-electron chi connectivity index (χ0n) is 16.7. The van der Waals surface area contributed by atoms with E-state index in [9.17, 15) is 13.2 Å². The van der Waals surface area contributed by atoms with Gasteiger partial charge in [0.05, 0.1) is 21.7 Å². The van der Waals surface area contributed by atoms with Gasteiger partial charge in [-0.1, -0.05) is 29.5 Å². The van der Waals surface area contributed by atoms with E-state index in [2.05, 4.69) is 4.90 Å². The number of fused-ring (bicyclic) bond motifs is 1. The van der Waals surface area contributed by atoms with E-state index in [0.29, 0.717) is 32.8 Å². The summed E-state index contributed by atoms with van der Waals surface area (Å²) >= 11 is 1.60. The largest absolute Gasteiger partial charge is 0.494 e. The van der Waals surface area contributed by atoms with Gasteiger partial charge in [-0.15, -0.1) is 0 Å². The Hall–Kier alpha value is -2.65. The topological polar surface area (TPSA) is 79.8 Å². The van der Waals surface area contributed by atoms with Crippen LogP contribution in [0.25, 0.3) is 10.2 Å². The van der Waals surface area contributed by atoms with E-state index < -0.39 is 15.6 Å². The number of ether oxygens (including phenoxy) is 1. The molecule has 1 aliphatic heterocycles. The number of rotatable bonds is 6. The summed E-state index contributed by atoms with van der Waals surface area (Å²) in [5.41, 5.74) is 0.922. The molecule has 30 heavy (non-hydrogen) atoms. The van der Waals surface area contributed by atoms with Crippen LogP contribution in [-0.4, -0.2) is 62.7 Å². The number of carbonyl (C=O) groups excluding carboxylic acids is 1. The van der Waals surface area contributed by atoms with Gasteiger partial charge in [0.15, 0.2) is 15.0 Å². The molecule has 2 aromatic carbocycles. The van der Waals surface area contributed by atoms with Gasteiger partial charge in [-0.2, -0.15) is 0 Å². The Bertz CT molecular complexity index is 1140. The molecule has 0 atom stereocenters. The standard InChI is InChI=1S/C21H23N3O4S2/c1-2-28-16-8-9-18-19(14-16)29-21(22-18)24-12-10-23(11-13-24)20(25)15-30(26,27)17-6-4-3-5-7-17/h3-9,14H,2,10-13,15H2,1H3. The molecule has 2 heterocycles. The minimum atomic E-state index is -3.63. The van der Waals surface area contributed by atoms with E-state index in [4.69, 9.17) is 9.72 Å². The Balaban J connectivity index is 1.39. The maximum absolute atomic E-state index is 12.6. The molecule has 0 unspecified atom stereocenters. The highest BCUT2D eigenvalue weighted by Crippen LogP contribution is 2.32. The van der Waals surface area contributed by atoms with Crippen molar-refractivity contribution in [1.82, 2.24) is 9.88 Å². The lowest BCUT2D eigenvalue weighted by atomic mass is 10.3. The number of amides is 1. The highest BCUT2D eigenvalue weighted by atomic mass is 32.2. The van der Waals surface area contributed by atoms with E-state index in [1.54, 1.807) is 34.4 Å². The molecule has 1 aliphatic rings. The van der Waals surface area contributed by atoms with Gasteiger partial charge in [0.2, 0.25) is 5.91 Å². The van der Waals surface area contributed by atoms with Gasteiger partial charge in [-0.3, -0.25) is 4.79 Å². The SMILES string of the molecule is CCOc1ccc2nc(N3CCN(C(=O)CS(=O)(=O)c4ccccc4)CC3)sc2c1. The minimum Gasteiger partial charge on any atom is -0.494 e. The predicted octanol–water partition coefficient (Wildman–Crippen LogP) is 2.82. The number of thiazole rings is 1. The zero-order valence-corrected chi connectivity index (χ0v) is 18.3. The molecule has 0 N–H and O–H groups in total. The number of anilines is 1. The first-order chi connectivity index (χ1) is 14.5. The van der Waals surface area contributed by atoms with Crippen LogP contribution < -0.4 is 9.64 Å². The van der Waals surface area contributed by atoms with Crippen LogP contribution in [0.3, 0.4) is 0 Å². The van der Waals surface area contributed by atoms with E-state index in [-0.39, 0.29) is 10.8 Å². The maximum atomic E-state index is 12.6. The zero-order chi connectivity index (χ0) is 21.1. The first kappa shape index (κ1) is 20.6. The molecular formula is C21H23N3O4S2. The Morgan fingerprint density at radius 2 is 1.83 bits per heavy atom. The average molecular weight is 446 g/mol. The van der Waals surface area contributed by atoms with Crippen LogP contribution in [0, 0.1) is 0 Å². The van der Waals surface area contributed by atoms with Crippen molar-refractivity contribution in [3.05, 3.63) is 48.5 Å². The molecule has 0 aliphatic carbocycles. The van der Waals surface area contributed by atoms with E-state index in [1.165, 1.54) is 12.1 Å². The molecule has 7 nitrogen and oxygen atoms in total. The lowest BCUT2D eigenvalue weighted by Crippen LogP contribution is -2.50. The van der Waals surface area contributed by atoms with Crippen LogP contribution in [0.4, 0.5) is 5.13 Å². The summed E-state index contributed by atoms with van der Waals surface area (Å²) in [5, 5.41) is 0.905. The summed E-state index contributed by atoms with van der Waals surface area (Å²) in [6, 6.07) is 14.0. The lowest BCUT2D eigenvalue weighted by molar-refractivity contribution is -0.128. The van der Waals surface area contributed by atoms with Crippen LogP contribution in [0.15, 0.2) is 53.4 Å². The van der Waals surface area contributed by atoms with Crippen molar-refractivity contribution in [2.24, 2.45) is 0 Å². The van der Waals surface area contributed by atoms with Crippen molar-refractivity contribution in [3.63, 3.8) is 0 Å². The Morgan fingerprint density at radius 1 is 1.10 bits per heavy atom. The normalized spacial score (nSPS) is 14.8. The fourth-order valence-electron chi connectivity index (χ4n) is 3.40. The van der Waals surface area contributed by atoms with Crippen molar-refractivity contribution in [3.8, 4) is 5.75 Å². The van der Waals surface area contributed by atoms with Gasteiger partial charge in [0, 0.05) is 26.2 Å². The third-order valence-electron chi connectivity index (χ3n) is 4.98. The molecule has 0 bridgehead atoms. The number of hydrogen-bond donors (Lipinski definition) is 0. The van der Waals surface area contributed by atoms with Crippen molar-refractivity contribution < 1.29 is 17.9 Å². The summed E-state index contributed by atoms with van der Waals surface area (Å²) < 4.78 is 31.5. The highest BCUT2D eigenvalue weighted by Gasteiger charge is 2.27. The van der Waals surface area contributed by atoms with E-state index >= 15 is 0 Å². The minimum absolute atomic E-state index is 0.179. The van der Waals surface area contributed by atoms with Crippen LogP contribution in [0.5, 0.6) is 5.75 Å². The number of piperazine rings is 1. The Morgan fingerprint density at radius 3 is 2.53 bits per heavy atom. The summed E-state index contributed by atoms with van der Waals surface area (Å²) in [6.07, 6.45) is 0. The fourth-order valence-corrected chi connectivity index (χ4v) is 5.69. The third kappa shape index (κ3) is 4.41. The molecule has 4 rings (SSSR count). The van der Waals surface area contributed by atoms with Gasteiger partial charge < -0.3 is 14.5 Å². The predicted molar refractivity (Wildman–Crippen MR) is 118 cm³/mol. The van der Waals surface area contributed by atoms with Gasteiger partial charge >= 0.3 is 0 Å². The molecule has 158 valence electrons. The van der Waals surface area contributed by atoms with E-state index in [0.717, 1.165) is 21.1 Å². The molecule has 0 radical (unpaired) electrons. The molecule has 1 amide bonds. The maximum Gasteiger partial charge on any atom is 0.238 e. The molecule has 9 heteroatoms.